The molecule has 0 rings (SSSR count). The molecule has 0 amide bonds. The summed E-state index contributed by atoms with van der Waals surface area (Å²) in [6, 6.07) is 0. The summed E-state index contributed by atoms with van der Waals surface area (Å²) >= 11 is 0. The zero-order chi connectivity index (χ0) is 23.9. The van der Waals surface area contributed by atoms with Gasteiger partial charge in [0.1, 0.15) is 0 Å². The first-order valence-corrected chi connectivity index (χ1v) is 12.8. The van der Waals surface area contributed by atoms with Gasteiger partial charge in [-0.1, -0.05) is 60.3 Å². The minimum Gasteiger partial charge on any atom is -0.466 e. The van der Waals surface area contributed by atoms with Crippen LogP contribution in [-0.4, -0.2) is 65.4 Å². The zero-order valence-electron chi connectivity index (χ0n) is 21.8. The Morgan fingerprint density at radius 1 is 0.688 bits per heavy atom. The summed E-state index contributed by atoms with van der Waals surface area (Å²) in [6.07, 6.45) is 9.44. The van der Waals surface area contributed by atoms with E-state index in [4.69, 9.17) is 23.7 Å². The zero-order valence-corrected chi connectivity index (χ0v) is 21.8. The molecule has 0 heterocycles. The van der Waals surface area contributed by atoms with E-state index in [9.17, 15) is 4.79 Å². The van der Waals surface area contributed by atoms with E-state index in [0.29, 0.717) is 77.0 Å². The fourth-order valence-corrected chi connectivity index (χ4v) is 3.48. The number of esters is 1. The van der Waals surface area contributed by atoms with E-state index in [0.717, 1.165) is 25.9 Å². The molecule has 0 saturated heterocycles. The Morgan fingerprint density at radius 3 is 1.72 bits per heavy atom. The van der Waals surface area contributed by atoms with Gasteiger partial charge in [-0.05, 0) is 37.0 Å². The molecule has 0 N–H and O–H groups in total. The van der Waals surface area contributed by atoms with Crippen molar-refractivity contribution in [3.8, 4) is 0 Å². The Labute approximate surface area is 198 Å². The molecule has 0 spiro atoms. The van der Waals surface area contributed by atoms with Gasteiger partial charge in [0.05, 0.1) is 46.2 Å². The van der Waals surface area contributed by atoms with Crippen LogP contribution in [0.3, 0.4) is 0 Å². The maximum atomic E-state index is 11.8. The van der Waals surface area contributed by atoms with Crippen LogP contribution in [0.15, 0.2) is 0 Å². The topological polar surface area (TPSA) is 63.2 Å². The van der Waals surface area contributed by atoms with E-state index in [2.05, 4.69) is 34.6 Å². The molecule has 1 unspecified atom stereocenters. The van der Waals surface area contributed by atoms with Gasteiger partial charge < -0.3 is 23.7 Å². The van der Waals surface area contributed by atoms with Gasteiger partial charge in [-0.25, -0.2) is 0 Å². The highest BCUT2D eigenvalue weighted by Gasteiger charge is 2.15. The monoisotopic (exact) mass is 460 g/mol. The summed E-state index contributed by atoms with van der Waals surface area (Å²) in [5, 5.41) is 0. The molecule has 0 aromatic rings. The van der Waals surface area contributed by atoms with E-state index in [-0.39, 0.29) is 5.97 Å². The van der Waals surface area contributed by atoms with Crippen molar-refractivity contribution in [2.45, 2.75) is 92.4 Å². The van der Waals surface area contributed by atoms with Gasteiger partial charge in [-0.15, -0.1) is 0 Å². The molecule has 0 fully saturated rings. The minimum absolute atomic E-state index is 0.134. The van der Waals surface area contributed by atoms with Crippen molar-refractivity contribution in [3.63, 3.8) is 0 Å². The van der Waals surface area contributed by atoms with Crippen molar-refractivity contribution in [1.29, 1.82) is 0 Å². The van der Waals surface area contributed by atoms with Gasteiger partial charge in [-0.2, -0.15) is 0 Å². The Morgan fingerprint density at radius 2 is 1.19 bits per heavy atom. The second-order valence-corrected chi connectivity index (χ2v) is 9.85. The summed E-state index contributed by atoms with van der Waals surface area (Å²) in [6.45, 7) is 16.5. The maximum absolute atomic E-state index is 11.8. The lowest BCUT2D eigenvalue weighted by Gasteiger charge is -2.22. The quantitative estimate of drug-likeness (QED) is 0.142. The number of rotatable bonds is 23. The summed E-state index contributed by atoms with van der Waals surface area (Å²) in [4.78, 5) is 11.8. The molecule has 0 aliphatic heterocycles. The molecule has 0 aromatic carbocycles. The molecular weight excluding hydrogens is 408 g/mol. The van der Waals surface area contributed by atoms with E-state index in [1.54, 1.807) is 0 Å². The maximum Gasteiger partial charge on any atom is 0.305 e. The van der Waals surface area contributed by atoms with Crippen molar-refractivity contribution in [2.75, 3.05) is 59.5 Å². The number of carbonyl (C=O) groups is 1. The second-order valence-electron chi connectivity index (χ2n) is 9.85. The molecule has 0 bridgehead atoms. The van der Waals surface area contributed by atoms with E-state index >= 15 is 0 Å². The first-order valence-electron chi connectivity index (χ1n) is 12.8. The molecule has 192 valence electrons. The van der Waals surface area contributed by atoms with Crippen molar-refractivity contribution in [1.82, 2.24) is 0 Å². The molecule has 0 saturated carbocycles. The van der Waals surface area contributed by atoms with Crippen molar-refractivity contribution in [2.24, 2.45) is 11.3 Å². The molecular formula is C26H52O6. The first kappa shape index (κ1) is 31.3. The Bertz CT molecular complexity index is 408. The summed E-state index contributed by atoms with van der Waals surface area (Å²) in [7, 11) is 0. The molecule has 1 atom stereocenters. The van der Waals surface area contributed by atoms with Gasteiger partial charge in [0, 0.05) is 19.6 Å². The standard InChI is InChI=1S/C26H52O6/c1-6-7-8-9-10-14-28-17-19-30-21-22-31-20-18-29-15-11-12-25(27)32-16-13-24(2)23-26(3,4)5/h24H,6-23H2,1-5H3. The van der Waals surface area contributed by atoms with Crippen LogP contribution in [-0.2, 0) is 28.5 Å². The highest BCUT2D eigenvalue weighted by Crippen LogP contribution is 2.25. The lowest BCUT2D eigenvalue weighted by atomic mass is 9.84. The smallest absolute Gasteiger partial charge is 0.305 e. The highest BCUT2D eigenvalue weighted by molar-refractivity contribution is 5.69. The fourth-order valence-electron chi connectivity index (χ4n) is 3.48. The van der Waals surface area contributed by atoms with Crippen LogP contribution in [0.25, 0.3) is 0 Å². The molecule has 32 heavy (non-hydrogen) atoms. The third kappa shape index (κ3) is 25.6. The van der Waals surface area contributed by atoms with Gasteiger partial charge in [-0.3, -0.25) is 4.79 Å². The summed E-state index contributed by atoms with van der Waals surface area (Å²) in [5.41, 5.74) is 0.319. The van der Waals surface area contributed by atoms with Crippen LogP contribution >= 0.6 is 0 Å². The van der Waals surface area contributed by atoms with Crippen LogP contribution < -0.4 is 0 Å². The van der Waals surface area contributed by atoms with E-state index < -0.39 is 0 Å². The number of unbranched alkanes of at least 4 members (excludes halogenated alkanes) is 4. The SMILES string of the molecule is CCCCCCCOCCOCCOCCOCCCC(=O)OCCC(C)CC(C)(C)C. The van der Waals surface area contributed by atoms with Crippen LogP contribution in [0.5, 0.6) is 0 Å². The molecule has 6 nitrogen and oxygen atoms in total. The van der Waals surface area contributed by atoms with Crippen LogP contribution in [0.4, 0.5) is 0 Å². The van der Waals surface area contributed by atoms with Crippen molar-refractivity contribution >= 4 is 5.97 Å². The van der Waals surface area contributed by atoms with E-state index in [1.165, 1.54) is 25.7 Å². The largest absolute Gasteiger partial charge is 0.466 e. The lowest BCUT2D eigenvalue weighted by molar-refractivity contribution is -0.144. The van der Waals surface area contributed by atoms with Crippen molar-refractivity contribution < 1.29 is 28.5 Å². The molecule has 0 aromatic heterocycles. The molecule has 6 heteroatoms. The van der Waals surface area contributed by atoms with Crippen LogP contribution in [0.2, 0.25) is 0 Å². The third-order valence-electron chi connectivity index (χ3n) is 5.01. The Kier molecular flexibility index (Phi) is 21.6. The molecule has 0 aliphatic rings. The van der Waals surface area contributed by atoms with Gasteiger partial charge in [0.15, 0.2) is 0 Å². The molecule has 0 aliphatic carbocycles. The number of hydrogen-bond donors (Lipinski definition) is 0. The Balaban J connectivity index is 3.23. The van der Waals surface area contributed by atoms with E-state index in [1.807, 2.05) is 0 Å². The van der Waals surface area contributed by atoms with Gasteiger partial charge in [0.2, 0.25) is 0 Å². The molecule has 0 radical (unpaired) electrons. The first-order chi connectivity index (χ1) is 15.3. The second kappa shape index (κ2) is 22.1. The van der Waals surface area contributed by atoms with Crippen LogP contribution in [0.1, 0.15) is 92.4 Å². The predicted octanol–water partition coefficient (Wildman–Crippen LogP) is 5.81. The van der Waals surface area contributed by atoms with Gasteiger partial charge >= 0.3 is 5.97 Å². The number of ether oxygens (including phenoxy) is 5. The predicted molar refractivity (Wildman–Crippen MR) is 130 cm³/mol. The normalized spacial score (nSPS) is 12.8. The third-order valence-corrected chi connectivity index (χ3v) is 5.01. The van der Waals surface area contributed by atoms with Crippen LogP contribution in [0, 0.1) is 11.3 Å². The highest BCUT2D eigenvalue weighted by atomic mass is 16.6. The summed E-state index contributed by atoms with van der Waals surface area (Å²) in [5.74, 6) is 0.431. The fraction of sp³-hybridized carbons (Fsp3) is 0.962. The number of hydrogen-bond acceptors (Lipinski definition) is 6. The minimum atomic E-state index is -0.134. The summed E-state index contributed by atoms with van der Waals surface area (Å²) < 4.78 is 27.3. The van der Waals surface area contributed by atoms with Gasteiger partial charge in [0.25, 0.3) is 0 Å². The average Bonchev–Trinajstić information content (AvgIpc) is 2.71. The van der Waals surface area contributed by atoms with Crippen molar-refractivity contribution in [3.05, 3.63) is 0 Å². The lowest BCUT2D eigenvalue weighted by Crippen LogP contribution is -2.14. The number of carbonyl (C=O) groups excluding carboxylic acids is 1. The Hall–Kier alpha value is -0.690. The average molecular weight is 461 g/mol.